The second-order valence-corrected chi connectivity index (χ2v) is 8.31. The zero-order valence-electron chi connectivity index (χ0n) is 9.52. The van der Waals surface area contributed by atoms with Crippen LogP contribution in [0.25, 0.3) is 0 Å². The smallest absolute Gasteiger partial charge is 0.308 e. The number of hydrogen-bond acceptors (Lipinski definition) is 2. The third-order valence-electron chi connectivity index (χ3n) is 1.79. The van der Waals surface area contributed by atoms with Gasteiger partial charge in [0.2, 0.25) is 0 Å². The topological polar surface area (TPSA) is 26.3 Å². The van der Waals surface area contributed by atoms with Crippen molar-refractivity contribution in [3.63, 3.8) is 0 Å². The van der Waals surface area contributed by atoms with E-state index >= 15 is 0 Å². The van der Waals surface area contributed by atoms with Crippen LogP contribution in [0.4, 0.5) is 0 Å². The Bertz CT molecular complexity index is 159. The van der Waals surface area contributed by atoms with Crippen LogP contribution >= 0.6 is 0 Å². The maximum absolute atomic E-state index is 11.1. The van der Waals surface area contributed by atoms with Gasteiger partial charge in [-0.05, 0) is 11.1 Å². The lowest BCUT2D eigenvalue weighted by molar-refractivity contribution is -0.146. The number of esters is 1. The number of carbonyl (C=O) groups is 1. The molecule has 0 N–H and O–H groups in total. The molecule has 0 aliphatic carbocycles. The van der Waals surface area contributed by atoms with Crippen LogP contribution in [0.5, 0.6) is 0 Å². The molecule has 13 heavy (non-hydrogen) atoms. The molecule has 0 atom stereocenters. The van der Waals surface area contributed by atoms with Crippen molar-refractivity contribution < 1.29 is 9.53 Å². The van der Waals surface area contributed by atoms with Crippen LogP contribution in [0.1, 0.15) is 34.6 Å². The minimum atomic E-state index is -0.0951. The summed E-state index contributed by atoms with van der Waals surface area (Å²) < 4.78 is 5.09. The Morgan fingerprint density at radius 1 is 1.38 bits per heavy atom. The summed E-state index contributed by atoms with van der Waals surface area (Å²) in [4.78, 5) is 11.1. The van der Waals surface area contributed by atoms with E-state index in [0.29, 0.717) is 11.6 Å². The zero-order chi connectivity index (χ0) is 10.5. The van der Waals surface area contributed by atoms with Crippen molar-refractivity contribution in [3.8, 4) is 0 Å². The van der Waals surface area contributed by atoms with E-state index in [4.69, 9.17) is 4.74 Å². The summed E-state index contributed by atoms with van der Waals surface area (Å²) in [6, 6.07) is 1.10. The fourth-order valence-corrected chi connectivity index (χ4v) is 2.29. The molecule has 0 radical (unpaired) electrons. The SMILES string of the molecule is CC(C)C(=O)OCC[SiH2]C(C)(C)C. The molecule has 3 heteroatoms. The van der Waals surface area contributed by atoms with Gasteiger partial charge >= 0.3 is 5.97 Å². The van der Waals surface area contributed by atoms with Crippen LogP contribution in [0.3, 0.4) is 0 Å². The van der Waals surface area contributed by atoms with E-state index in [0.717, 1.165) is 6.04 Å². The molecule has 0 unspecified atom stereocenters. The highest BCUT2D eigenvalue weighted by atomic mass is 28.2. The van der Waals surface area contributed by atoms with Gasteiger partial charge in [-0.3, -0.25) is 4.79 Å². The first kappa shape index (κ1) is 12.7. The van der Waals surface area contributed by atoms with E-state index in [9.17, 15) is 4.79 Å². The van der Waals surface area contributed by atoms with E-state index in [-0.39, 0.29) is 21.4 Å². The van der Waals surface area contributed by atoms with Crippen LogP contribution < -0.4 is 0 Å². The Balaban J connectivity index is 3.42. The third kappa shape index (κ3) is 8.03. The first-order valence-electron chi connectivity index (χ1n) is 4.99. The first-order valence-corrected chi connectivity index (χ1v) is 6.70. The van der Waals surface area contributed by atoms with Crippen molar-refractivity contribution in [3.05, 3.63) is 0 Å². The lowest BCUT2D eigenvalue weighted by Crippen LogP contribution is -2.15. The molecule has 0 saturated carbocycles. The second kappa shape index (κ2) is 5.42. The summed E-state index contributed by atoms with van der Waals surface area (Å²) in [6.45, 7) is 11.1. The van der Waals surface area contributed by atoms with Gasteiger partial charge in [0.15, 0.2) is 0 Å². The van der Waals surface area contributed by atoms with Crippen molar-refractivity contribution in [2.24, 2.45) is 5.92 Å². The van der Waals surface area contributed by atoms with Crippen LogP contribution in [0.2, 0.25) is 11.1 Å². The van der Waals surface area contributed by atoms with Gasteiger partial charge in [-0.1, -0.05) is 34.6 Å². The molecule has 0 aromatic carbocycles. The molecule has 0 aliphatic heterocycles. The number of hydrogen-bond donors (Lipinski definition) is 0. The normalized spacial score (nSPS) is 12.8. The highest BCUT2D eigenvalue weighted by molar-refractivity contribution is 6.39. The van der Waals surface area contributed by atoms with Gasteiger partial charge in [0.1, 0.15) is 0 Å². The highest BCUT2D eigenvalue weighted by Crippen LogP contribution is 2.21. The quantitative estimate of drug-likeness (QED) is 0.396. The molecule has 0 spiro atoms. The number of carbonyl (C=O) groups excluding carboxylic acids is 1. The zero-order valence-corrected chi connectivity index (χ0v) is 10.9. The van der Waals surface area contributed by atoms with Crippen LogP contribution in [0.15, 0.2) is 0 Å². The summed E-state index contributed by atoms with van der Waals surface area (Å²) in [5.74, 6) is -0.0563. The summed E-state index contributed by atoms with van der Waals surface area (Å²) >= 11 is 0. The predicted molar refractivity (Wildman–Crippen MR) is 58.9 cm³/mol. The van der Waals surface area contributed by atoms with Crippen molar-refractivity contribution in [2.75, 3.05) is 6.61 Å². The number of ether oxygens (including phenoxy) is 1. The summed E-state index contributed by atoms with van der Waals surface area (Å²) in [5, 5.41) is 0.476. The molecule has 0 amide bonds. The monoisotopic (exact) mass is 202 g/mol. The Morgan fingerprint density at radius 2 is 1.92 bits per heavy atom. The molecule has 0 heterocycles. The standard InChI is InChI=1S/C10H22O2Si/c1-8(2)9(11)12-6-7-13-10(3,4)5/h8H,6-7,13H2,1-5H3. The molecule has 0 rings (SSSR count). The molecule has 0 aromatic heterocycles. The summed E-state index contributed by atoms with van der Waals surface area (Å²) in [6.07, 6.45) is 0. The molecule has 2 nitrogen and oxygen atoms in total. The van der Waals surface area contributed by atoms with Gasteiger partial charge in [0, 0.05) is 9.52 Å². The average molecular weight is 202 g/mol. The van der Waals surface area contributed by atoms with Gasteiger partial charge in [-0.2, -0.15) is 0 Å². The van der Waals surface area contributed by atoms with Gasteiger partial charge in [0.25, 0.3) is 0 Å². The molecule has 0 fully saturated rings. The average Bonchev–Trinajstić information content (AvgIpc) is 1.95. The minimum Gasteiger partial charge on any atom is -0.466 e. The van der Waals surface area contributed by atoms with Gasteiger partial charge in [0.05, 0.1) is 12.5 Å². The minimum absolute atomic E-state index is 0.0105. The highest BCUT2D eigenvalue weighted by Gasteiger charge is 2.12. The molecular weight excluding hydrogens is 180 g/mol. The third-order valence-corrected chi connectivity index (χ3v) is 3.93. The second-order valence-electron chi connectivity index (χ2n) is 4.99. The maximum Gasteiger partial charge on any atom is 0.308 e. The van der Waals surface area contributed by atoms with Gasteiger partial charge in [-0.25, -0.2) is 0 Å². The van der Waals surface area contributed by atoms with E-state index < -0.39 is 0 Å². The molecule has 0 saturated heterocycles. The Hall–Kier alpha value is -0.313. The van der Waals surface area contributed by atoms with Gasteiger partial charge < -0.3 is 4.74 Å². The fourth-order valence-electron chi connectivity index (χ4n) is 0.942. The van der Waals surface area contributed by atoms with E-state index in [1.54, 1.807) is 0 Å². The maximum atomic E-state index is 11.1. The molecule has 0 aromatic rings. The van der Waals surface area contributed by atoms with Gasteiger partial charge in [-0.15, -0.1) is 0 Å². The largest absolute Gasteiger partial charge is 0.466 e. The fraction of sp³-hybridized carbons (Fsp3) is 0.900. The van der Waals surface area contributed by atoms with E-state index in [1.807, 2.05) is 13.8 Å². The number of rotatable bonds is 4. The summed E-state index contributed by atoms with van der Waals surface area (Å²) in [5.41, 5.74) is 0. The van der Waals surface area contributed by atoms with E-state index in [1.165, 1.54) is 0 Å². The lowest BCUT2D eigenvalue weighted by atomic mass is 10.2. The molecule has 0 aliphatic rings. The molecular formula is C10H22O2Si. The Labute approximate surface area is 83.9 Å². The Morgan fingerprint density at radius 3 is 2.31 bits per heavy atom. The first-order chi connectivity index (χ1) is 5.83. The van der Waals surface area contributed by atoms with Crippen LogP contribution in [-0.4, -0.2) is 22.1 Å². The summed E-state index contributed by atoms with van der Waals surface area (Å²) in [7, 11) is -0.0951. The molecule has 0 bridgehead atoms. The van der Waals surface area contributed by atoms with Crippen LogP contribution in [-0.2, 0) is 9.53 Å². The van der Waals surface area contributed by atoms with Crippen molar-refractivity contribution >= 4 is 15.5 Å². The van der Waals surface area contributed by atoms with E-state index in [2.05, 4.69) is 20.8 Å². The van der Waals surface area contributed by atoms with Crippen molar-refractivity contribution in [1.82, 2.24) is 0 Å². The van der Waals surface area contributed by atoms with Crippen LogP contribution in [0, 0.1) is 5.92 Å². The predicted octanol–water partition coefficient (Wildman–Crippen LogP) is 1.99. The Kier molecular flexibility index (Phi) is 5.29. The molecule has 78 valence electrons. The van der Waals surface area contributed by atoms with Crippen molar-refractivity contribution in [2.45, 2.75) is 45.7 Å². The lowest BCUT2D eigenvalue weighted by Gasteiger charge is -2.16. The van der Waals surface area contributed by atoms with Crippen molar-refractivity contribution in [1.29, 1.82) is 0 Å².